The fourth-order valence-electron chi connectivity index (χ4n) is 3.10. The third-order valence-corrected chi connectivity index (χ3v) is 4.69. The van der Waals surface area contributed by atoms with Crippen molar-refractivity contribution in [2.24, 2.45) is 0 Å². The lowest BCUT2D eigenvalue weighted by molar-refractivity contribution is -0.117. The molecule has 0 unspecified atom stereocenters. The van der Waals surface area contributed by atoms with Gasteiger partial charge >= 0.3 is 0 Å². The molecule has 0 heterocycles. The smallest absolute Gasteiger partial charge is 0.246 e. The molecule has 0 aliphatic heterocycles. The Kier molecular flexibility index (Phi) is 6.64. The molecule has 0 fully saturated rings. The van der Waals surface area contributed by atoms with E-state index in [1.807, 2.05) is 85.8 Å². The van der Waals surface area contributed by atoms with Gasteiger partial charge in [0.1, 0.15) is 0 Å². The van der Waals surface area contributed by atoms with Crippen LogP contribution >= 0.6 is 0 Å². The summed E-state index contributed by atoms with van der Waals surface area (Å²) in [6.45, 7) is 4.08. The highest BCUT2D eigenvalue weighted by molar-refractivity contribution is 5.95. The van der Waals surface area contributed by atoms with Gasteiger partial charge < -0.3 is 10.6 Å². The number of carbonyl (C=O) groups excluding carboxylic acids is 1. The van der Waals surface area contributed by atoms with Gasteiger partial charge in [-0.05, 0) is 30.5 Å². The van der Waals surface area contributed by atoms with Crippen LogP contribution in [0.2, 0.25) is 0 Å². The summed E-state index contributed by atoms with van der Waals surface area (Å²) in [7, 11) is 0. The maximum absolute atomic E-state index is 12.7. The first-order valence-electron chi connectivity index (χ1n) is 9.57. The molecular formula is C25H26N2O. The lowest BCUT2D eigenvalue weighted by atomic mass is 10.1. The predicted molar refractivity (Wildman–Crippen MR) is 115 cm³/mol. The number of hydrogen-bond acceptors (Lipinski definition) is 2. The standard InChI is InChI=1S/C25H26N2O/c1-19(21-12-6-3-7-13-21)26-24(23-16-10-5-11-17-23)18-25(28)27-20(2)22-14-8-4-9-15-22/h3-20,26H,1-2H3,(H,27,28)/b24-18-/t19-,20+/m1/s1. The van der Waals surface area contributed by atoms with Crippen LogP contribution in [0.25, 0.3) is 5.70 Å². The zero-order chi connectivity index (χ0) is 19.8. The molecule has 28 heavy (non-hydrogen) atoms. The van der Waals surface area contributed by atoms with Crippen molar-refractivity contribution in [1.29, 1.82) is 0 Å². The van der Waals surface area contributed by atoms with E-state index in [1.54, 1.807) is 6.08 Å². The number of rotatable bonds is 7. The van der Waals surface area contributed by atoms with Gasteiger partial charge in [0.05, 0.1) is 6.04 Å². The Morgan fingerprint density at radius 3 is 1.61 bits per heavy atom. The van der Waals surface area contributed by atoms with Crippen LogP contribution in [0.1, 0.15) is 42.6 Å². The van der Waals surface area contributed by atoms with Gasteiger partial charge in [0.2, 0.25) is 5.91 Å². The van der Waals surface area contributed by atoms with Gasteiger partial charge in [-0.2, -0.15) is 0 Å². The monoisotopic (exact) mass is 370 g/mol. The zero-order valence-corrected chi connectivity index (χ0v) is 16.3. The summed E-state index contributed by atoms with van der Waals surface area (Å²) >= 11 is 0. The van der Waals surface area contributed by atoms with E-state index in [9.17, 15) is 4.79 Å². The van der Waals surface area contributed by atoms with Crippen molar-refractivity contribution in [3.8, 4) is 0 Å². The lowest BCUT2D eigenvalue weighted by Gasteiger charge is -2.19. The predicted octanol–water partition coefficient (Wildman–Crippen LogP) is 5.26. The molecule has 0 aliphatic rings. The Morgan fingerprint density at radius 1 is 0.679 bits per heavy atom. The maximum atomic E-state index is 12.7. The second-order valence-corrected chi connectivity index (χ2v) is 6.84. The number of hydrogen-bond donors (Lipinski definition) is 2. The highest BCUT2D eigenvalue weighted by Gasteiger charge is 2.12. The topological polar surface area (TPSA) is 41.1 Å². The summed E-state index contributed by atoms with van der Waals surface area (Å²) < 4.78 is 0. The van der Waals surface area contributed by atoms with Crippen molar-refractivity contribution >= 4 is 11.6 Å². The van der Waals surface area contributed by atoms with Crippen LogP contribution in [-0.2, 0) is 4.79 Å². The molecule has 3 nitrogen and oxygen atoms in total. The first kappa shape index (κ1) is 19.4. The molecule has 0 bridgehead atoms. The second-order valence-electron chi connectivity index (χ2n) is 6.84. The number of carbonyl (C=O) groups is 1. The molecular weight excluding hydrogens is 344 g/mol. The molecule has 142 valence electrons. The van der Waals surface area contributed by atoms with Gasteiger partial charge in [0, 0.05) is 17.8 Å². The minimum atomic E-state index is -0.122. The number of nitrogens with one attached hydrogen (secondary N) is 2. The Bertz CT molecular complexity index is 905. The lowest BCUT2D eigenvalue weighted by Crippen LogP contribution is -2.26. The van der Waals surface area contributed by atoms with Gasteiger partial charge in [-0.3, -0.25) is 4.79 Å². The fraction of sp³-hybridized carbons (Fsp3) is 0.160. The third-order valence-electron chi connectivity index (χ3n) is 4.69. The van der Waals surface area contributed by atoms with Crippen LogP contribution in [0.3, 0.4) is 0 Å². The van der Waals surface area contributed by atoms with Crippen molar-refractivity contribution in [2.45, 2.75) is 25.9 Å². The minimum Gasteiger partial charge on any atom is -0.378 e. The van der Waals surface area contributed by atoms with Crippen LogP contribution in [0.4, 0.5) is 0 Å². The highest BCUT2D eigenvalue weighted by Crippen LogP contribution is 2.19. The Balaban J connectivity index is 1.79. The maximum Gasteiger partial charge on any atom is 0.246 e. The zero-order valence-electron chi connectivity index (χ0n) is 16.3. The molecule has 0 saturated carbocycles. The molecule has 3 aromatic carbocycles. The molecule has 2 atom stereocenters. The Hall–Kier alpha value is -3.33. The van der Waals surface area contributed by atoms with E-state index in [-0.39, 0.29) is 18.0 Å². The highest BCUT2D eigenvalue weighted by atomic mass is 16.1. The average molecular weight is 370 g/mol. The van der Waals surface area contributed by atoms with Crippen molar-refractivity contribution in [2.75, 3.05) is 0 Å². The van der Waals surface area contributed by atoms with Gasteiger partial charge in [0.15, 0.2) is 0 Å². The minimum absolute atomic E-state index is 0.0616. The summed E-state index contributed by atoms with van der Waals surface area (Å²) in [4.78, 5) is 12.7. The first-order chi connectivity index (χ1) is 13.6. The Morgan fingerprint density at radius 2 is 1.11 bits per heavy atom. The van der Waals surface area contributed by atoms with E-state index >= 15 is 0 Å². The van der Waals surface area contributed by atoms with Crippen LogP contribution in [0.5, 0.6) is 0 Å². The molecule has 0 spiro atoms. The summed E-state index contributed by atoms with van der Waals surface area (Å²) in [5, 5.41) is 6.55. The van der Waals surface area contributed by atoms with E-state index < -0.39 is 0 Å². The SMILES string of the molecule is C[C@H](NC(=O)/C=C(\N[C@H](C)c1ccccc1)c1ccccc1)c1ccccc1. The van der Waals surface area contributed by atoms with E-state index in [1.165, 1.54) is 5.56 Å². The molecule has 3 aromatic rings. The summed E-state index contributed by atoms with van der Waals surface area (Å²) in [6.07, 6.45) is 1.65. The van der Waals surface area contributed by atoms with Gasteiger partial charge in [-0.15, -0.1) is 0 Å². The quantitative estimate of drug-likeness (QED) is 0.557. The van der Waals surface area contributed by atoms with Gasteiger partial charge in [-0.25, -0.2) is 0 Å². The van der Waals surface area contributed by atoms with Crippen molar-refractivity contribution in [3.05, 3.63) is 114 Å². The van der Waals surface area contributed by atoms with Crippen LogP contribution in [0.15, 0.2) is 97.1 Å². The molecule has 0 saturated heterocycles. The summed E-state index contributed by atoms with van der Waals surface area (Å²) in [6, 6.07) is 30.1. The van der Waals surface area contributed by atoms with Crippen molar-refractivity contribution in [1.82, 2.24) is 10.6 Å². The third kappa shape index (κ3) is 5.34. The van der Waals surface area contributed by atoms with Crippen molar-refractivity contribution in [3.63, 3.8) is 0 Å². The second kappa shape index (κ2) is 9.56. The molecule has 1 amide bonds. The van der Waals surface area contributed by atoms with Crippen LogP contribution < -0.4 is 10.6 Å². The van der Waals surface area contributed by atoms with Crippen LogP contribution in [-0.4, -0.2) is 5.91 Å². The Labute approximate surface area is 167 Å². The largest absolute Gasteiger partial charge is 0.378 e. The van der Waals surface area contributed by atoms with Crippen LogP contribution in [0, 0.1) is 0 Å². The first-order valence-corrected chi connectivity index (χ1v) is 9.57. The normalized spacial score (nSPS) is 13.4. The van der Waals surface area contributed by atoms with E-state index in [2.05, 4.69) is 29.7 Å². The summed E-state index contributed by atoms with van der Waals surface area (Å²) in [5.41, 5.74) is 4.03. The summed E-state index contributed by atoms with van der Waals surface area (Å²) in [5.74, 6) is -0.122. The van der Waals surface area contributed by atoms with E-state index in [0.29, 0.717) is 0 Å². The average Bonchev–Trinajstić information content (AvgIpc) is 2.75. The fourth-order valence-corrected chi connectivity index (χ4v) is 3.10. The van der Waals surface area contributed by atoms with Gasteiger partial charge in [-0.1, -0.05) is 91.0 Å². The number of amides is 1. The van der Waals surface area contributed by atoms with E-state index in [4.69, 9.17) is 0 Å². The number of benzene rings is 3. The molecule has 3 heteroatoms. The molecule has 0 radical (unpaired) electrons. The van der Waals surface area contributed by atoms with Gasteiger partial charge in [0.25, 0.3) is 0 Å². The molecule has 3 rings (SSSR count). The molecule has 0 aliphatic carbocycles. The van der Waals surface area contributed by atoms with E-state index in [0.717, 1.165) is 16.8 Å². The van der Waals surface area contributed by atoms with Crippen molar-refractivity contribution < 1.29 is 4.79 Å². The molecule has 2 N–H and O–H groups in total. The molecule has 0 aromatic heterocycles.